The quantitative estimate of drug-likeness (QED) is 0.198. The fourth-order valence-corrected chi connectivity index (χ4v) is 6.75. The number of halogens is 1. The number of imidazole rings is 1. The summed E-state index contributed by atoms with van der Waals surface area (Å²) in [7, 11) is 0. The second kappa shape index (κ2) is 12.7. The van der Waals surface area contributed by atoms with Crippen LogP contribution >= 0.6 is 11.6 Å². The first-order chi connectivity index (χ1) is 19.3. The van der Waals surface area contributed by atoms with Crippen LogP contribution in [-0.4, -0.2) is 54.8 Å². The van der Waals surface area contributed by atoms with Gasteiger partial charge in [0.25, 0.3) is 0 Å². The average molecular weight is 576 g/mol. The third-order valence-corrected chi connectivity index (χ3v) is 9.34. The fraction of sp³-hybridized carbons (Fsp3) is 0.759. The summed E-state index contributed by atoms with van der Waals surface area (Å²) in [4.78, 5) is 39.0. The van der Waals surface area contributed by atoms with Gasteiger partial charge in [0, 0.05) is 12.8 Å². The lowest BCUT2D eigenvalue weighted by molar-refractivity contribution is -0.211. The molecule has 3 heterocycles. The van der Waals surface area contributed by atoms with Crippen molar-refractivity contribution < 1.29 is 24.2 Å². The lowest BCUT2D eigenvalue weighted by atomic mass is 9.61. The molecular weight excluding hydrogens is 534 g/mol. The fourth-order valence-electron chi connectivity index (χ4n) is 6.59. The Morgan fingerprint density at radius 1 is 1.15 bits per heavy atom. The number of nitrogens with one attached hydrogen (secondary N) is 1. The lowest BCUT2D eigenvalue weighted by Crippen LogP contribution is -2.50. The highest BCUT2D eigenvalue weighted by atomic mass is 35.5. The van der Waals surface area contributed by atoms with Crippen molar-refractivity contribution in [1.29, 1.82) is 0 Å². The molecule has 10 nitrogen and oxygen atoms in total. The molecule has 2 aromatic rings. The van der Waals surface area contributed by atoms with E-state index in [0.717, 1.165) is 63.7 Å². The van der Waals surface area contributed by atoms with Crippen molar-refractivity contribution in [2.75, 3.05) is 5.32 Å². The number of anilines is 1. The molecule has 4 atom stereocenters. The van der Waals surface area contributed by atoms with Gasteiger partial charge >= 0.3 is 5.97 Å². The van der Waals surface area contributed by atoms with Gasteiger partial charge in [-0.05, 0) is 69.4 Å². The third kappa shape index (κ3) is 6.29. The van der Waals surface area contributed by atoms with Crippen molar-refractivity contribution in [1.82, 2.24) is 19.5 Å². The van der Waals surface area contributed by atoms with E-state index in [4.69, 9.17) is 21.1 Å². The van der Waals surface area contributed by atoms with Gasteiger partial charge in [-0.1, -0.05) is 39.0 Å². The number of aromatic nitrogens is 4. The van der Waals surface area contributed by atoms with E-state index in [1.807, 2.05) is 0 Å². The molecular formula is C29H42ClN5O5. The zero-order valence-corrected chi connectivity index (χ0v) is 24.4. The number of ether oxygens (including phenoxy) is 2. The topological polar surface area (TPSA) is 128 Å². The van der Waals surface area contributed by atoms with Gasteiger partial charge in [0.05, 0.1) is 17.8 Å². The molecule has 2 bridgehead atoms. The predicted octanol–water partition coefficient (Wildman–Crippen LogP) is 5.72. The number of amides is 1. The number of carbonyl (C=O) groups is 2. The first-order valence-corrected chi connectivity index (χ1v) is 15.4. The lowest BCUT2D eigenvalue weighted by Gasteiger charge is -2.46. The Hall–Kier alpha value is -2.30. The first kappa shape index (κ1) is 29.2. The highest BCUT2D eigenvalue weighted by Crippen LogP contribution is 2.51. The Kier molecular flexibility index (Phi) is 9.27. The van der Waals surface area contributed by atoms with Crippen LogP contribution in [0.5, 0.6) is 0 Å². The second-order valence-corrected chi connectivity index (χ2v) is 12.3. The van der Waals surface area contributed by atoms with Crippen LogP contribution in [0.15, 0.2) is 6.33 Å². The van der Waals surface area contributed by atoms with Crippen molar-refractivity contribution in [3.05, 3.63) is 11.6 Å². The SMILES string of the molecule is CCCCCCCCC(=O)Nc1nc(Cl)nc2c1ncn2[C@H]1C[C@H](OC(=O)C23CCC(CC2)CC3)C(O)C(C)O1. The molecule has 3 aliphatic carbocycles. The Morgan fingerprint density at radius 3 is 2.58 bits per heavy atom. The average Bonchev–Trinajstić information content (AvgIpc) is 3.38. The summed E-state index contributed by atoms with van der Waals surface area (Å²) in [5.74, 6) is 0.651. The summed E-state index contributed by atoms with van der Waals surface area (Å²) in [6, 6.07) is 0. The van der Waals surface area contributed by atoms with E-state index in [2.05, 4.69) is 27.2 Å². The van der Waals surface area contributed by atoms with Crippen molar-refractivity contribution in [2.24, 2.45) is 11.3 Å². The zero-order chi connectivity index (χ0) is 28.3. The van der Waals surface area contributed by atoms with E-state index in [1.54, 1.807) is 17.8 Å². The molecule has 2 aromatic heterocycles. The number of fused-ring (bicyclic) bond motifs is 4. The summed E-state index contributed by atoms with van der Waals surface area (Å²) in [6.45, 7) is 3.94. The summed E-state index contributed by atoms with van der Waals surface area (Å²) >= 11 is 6.26. The van der Waals surface area contributed by atoms with Crippen molar-refractivity contribution in [2.45, 2.75) is 128 Å². The minimum atomic E-state index is -0.943. The Balaban J connectivity index is 1.27. The van der Waals surface area contributed by atoms with E-state index in [9.17, 15) is 14.7 Å². The summed E-state index contributed by atoms with van der Waals surface area (Å²) < 4.78 is 13.8. The van der Waals surface area contributed by atoms with Gasteiger partial charge in [-0.2, -0.15) is 9.97 Å². The van der Waals surface area contributed by atoms with Crippen LogP contribution in [0.3, 0.4) is 0 Å². The van der Waals surface area contributed by atoms with Crippen LogP contribution < -0.4 is 5.32 Å². The highest BCUT2D eigenvalue weighted by molar-refractivity contribution is 6.28. The van der Waals surface area contributed by atoms with Gasteiger partial charge < -0.3 is 19.9 Å². The number of aliphatic hydroxyl groups is 1. The maximum Gasteiger partial charge on any atom is 0.312 e. The van der Waals surface area contributed by atoms with Crippen LogP contribution in [0.4, 0.5) is 5.82 Å². The molecule has 1 aliphatic heterocycles. The number of esters is 1. The van der Waals surface area contributed by atoms with Crippen LogP contribution in [0.2, 0.25) is 5.28 Å². The molecule has 4 fully saturated rings. The summed E-state index contributed by atoms with van der Waals surface area (Å²) in [5, 5.41) is 13.7. The highest BCUT2D eigenvalue weighted by Gasteiger charge is 2.49. The van der Waals surface area contributed by atoms with Crippen LogP contribution in [0, 0.1) is 11.3 Å². The second-order valence-electron chi connectivity index (χ2n) is 12.0. The van der Waals surface area contributed by atoms with E-state index < -0.39 is 30.0 Å². The maximum atomic E-state index is 13.4. The van der Waals surface area contributed by atoms with Crippen LogP contribution in [-0.2, 0) is 19.1 Å². The first-order valence-electron chi connectivity index (χ1n) is 15.0. The van der Waals surface area contributed by atoms with Gasteiger partial charge in [0.2, 0.25) is 11.2 Å². The van der Waals surface area contributed by atoms with Gasteiger partial charge in [0.1, 0.15) is 18.4 Å². The van der Waals surface area contributed by atoms with Crippen molar-refractivity contribution in [3.63, 3.8) is 0 Å². The summed E-state index contributed by atoms with van der Waals surface area (Å²) in [5.41, 5.74) is 0.378. The zero-order valence-electron chi connectivity index (χ0n) is 23.6. The maximum absolute atomic E-state index is 13.4. The predicted molar refractivity (Wildman–Crippen MR) is 151 cm³/mol. The third-order valence-electron chi connectivity index (χ3n) is 9.17. The molecule has 40 heavy (non-hydrogen) atoms. The Bertz CT molecular complexity index is 1180. The van der Waals surface area contributed by atoms with Crippen LogP contribution in [0.1, 0.15) is 110 Å². The van der Waals surface area contributed by atoms with Gasteiger partial charge in [-0.3, -0.25) is 14.2 Å². The minimum Gasteiger partial charge on any atom is -0.459 e. The smallest absolute Gasteiger partial charge is 0.312 e. The number of nitrogens with zero attached hydrogens (tertiary/aromatic N) is 4. The molecule has 220 valence electrons. The van der Waals surface area contributed by atoms with E-state index >= 15 is 0 Å². The Labute approximate surface area is 240 Å². The van der Waals surface area contributed by atoms with Crippen molar-refractivity contribution >= 4 is 40.5 Å². The molecule has 1 amide bonds. The summed E-state index contributed by atoms with van der Waals surface area (Å²) in [6.07, 6.45) is 11.7. The molecule has 0 aromatic carbocycles. The van der Waals surface area contributed by atoms with Gasteiger partial charge in [-0.25, -0.2) is 4.98 Å². The number of unbranched alkanes of at least 4 members (excludes halogenated alkanes) is 5. The molecule has 11 heteroatoms. The number of aliphatic hydroxyl groups excluding tert-OH is 1. The number of rotatable bonds is 11. The molecule has 0 radical (unpaired) electrons. The molecule has 6 rings (SSSR count). The molecule has 3 saturated carbocycles. The van der Waals surface area contributed by atoms with E-state index in [0.29, 0.717) is 17.6 Å². The van der Waals surface area contributed by atoms with Crippen LogP contribution in [0.25, 0.3) is 11.2 Å². The molecule has 1 saturated heterocycles. The monoisotopic (exact) mass is 575 g/mol. The van der Waals surface area contributed by atoms with E-state index in [-0.39, 0.29) is 29.4 Å². The molecule has 2 unspecified atom stereocenters. The van der Waals surface area contributed by atoms with Gasteiger partial charge in [-0.15, -0.1) is 0 Å². The number of carbonyl (C=O) groups excluding carboxylic acids is 2. The van der Waals surface area contributed by atoms with Gasteiger partial charge in [0.15, 0.2) is 17.0 Å². The number of hydrogen-bond acceptors (Lipinski definition) is 8. The standard InChI is InChI=1S/C29H42ClN5O5/c1-3-4-5-6-7-8-9-21(36)32-25-23-26(34-28(30)33-25)35(17-31-23)22-16-20(24(37)18(2)39-22)40-27(38)29-13-10-19(11-14-29)12-15-29/h17-20,22,24,37H,3-16H2,1-2H3,(H,32,33,34,36)/t18?,19?,20-,22+,24?,29?/m0/s1. The largest absolute Gasteiger partial charge is 0.459 e. The Morgan fingerprint density at radius 2 is 1.85 bits per heavy atom. The van der Waals surface area contributed by atoms with Crippen molar-refractivity contribution in [3.8, 4) is 0 Å². The normalized spacial score (nSPS) is 29.9. The minimum absolute atomic E-state index is 0.0250. The van der Waals surface area contributed by atoms with E-state index in [1.165, 1.54) is 19.3 Å². The number of hydrogen-bond donors (Lipinski definition) is 2. The molecule has 2 N–H and O–H groups in total. The molecule has 4 aliphatic rings. The molecule has 0 spiro atoms.